The average molecular weight is 442 g/mol. The number of carbonyl (C=O) groups is 1. The summed E-state index contributed by atoms with van der Waals surface area (Å²) < 4.78 is 18.1. The number of nitrogens with one attached hydrogen (secondary N) is 2. The van der Waals surface area contributed by atoms with Crippen LogP contribution < -0.4 is 15.4 Å². The number of halogens is 1. The normalized spacial score (nSPS) is 14.3. The van der Waals surface area contributed by atoms with Crippen LogP contribution >= 0.6 is 0 Å². The third-order valence-electron chi connectivity index (χ3n) is 4.26. The number of amides is 1. The summed E-state index contributed by atoms with van der Waals surface area (Å²) in [5, 5.41) is 22.1. The Balaban J connectivity index is 0.000000183. The van der Waals surface area contributed by atoms with E-state index in [0.29, 0.717) is 5.56 Å². The predicted octanol–water partition coefficient (Wildman–Crippen LogP) is 4.12. The highest BCUT2D eigenvalue weighted by atomic mass is 19.1. The molecule has 3 aromatic rings. The van der Waals surface area contributed by atoms with Crippen molar-refractivity contribution in [2.75, 3.05) is 13.1 Å². The number of aliphatic hydroxyl groups excluding tert-OH is 1. The number of aryl methyl sites for hydroxylation is 1. The lowest BCUT2D eigenvalue weighted by molar-refractivity contribution is 0.193. The number of aliphatic hydroxyl groups is 1. The van der Waals surface area contributed by atoms with E-state index in [-0.39, 0.29) is 18.5 Å². The van der Waals surface area contributed by atoms with Crippen LogP contribution in [-0.2, 0) is 6.54 Å². The third-order valence-corrected chi connectivity index (χ3v) is 4.26. The molecule has 1 aliphatic heterocycles. The Morgan fingerprint density at radius 3 is 2.50 bits per heavy atom. The molecule has 1 aromatic heterocycles. The van der Waals surface area contributed by atoms with Crippen LogP contribution in [0, 0.1) is 12.7 Å². The van der Waals surface area contributed by atoms with Crippen LogP contribution in [0.25, 0.3) is 0 Å². The predicted molar refractivity (Wildman–Crippen MR) is 120 cm³/mol. The van der Waals surface area contributed by atoms with E-state index in [0.717, 1.165) is 31.0 Å². The molecule has 1 aliphatic rings. The maximum atomic E-state index is 12.5. The molecule has 8 heteroatoms. The van der Waals surface area contributed by atoms with E-state index < -0.39 is 6.09 Å². The number of benzene rings is 2. The quantitative estimate of drug-likeness (QED) is 0.486. The zero-order valence-electron chi connectivity index (χ0n) is 17.9. The van der Waals surface area contributed by atoms with E-state index in [1.165, 1.54) is 23.8 Å². The Labute approximate surface area is 186 Å². The van der Waals surface area contributed by atoms with Crippen LogP contribution in [0.2, 0.25) is 0 Å². The summed E-state index contributed by atoms with van der Waals surface area (Å²) in [6, 6.07) is 17.5. The van der Waals surface area contributed by atoms with E-state index in [1.54, 1.807) is 18.5 Å². The molecule has 0 spiro atoms. The van der Waals surface area contributed by atoms with Gasteiger partial charge < -0.3 is 25.6 Å². The number of hydrogen-bond acceptors (Lipinski definition) is 5. The minimum atomic E-state index is -1.11. The van der Waals surface area contributed by atoms with Crippen LogP contribution in [0.1, 0.15) is 17.5 Å². The van der Waals surface area contributed by atoms with Gasteiger partial charge in [0.05, 0.1) is 12.3 Å². The molecule has 2 heterocycles. The van der Waals surface area contributed by atoms with Gasteiger partial charge in [-0.25, -0.2) is 9.18 Å². The summed E-state index contributed by atoms with van der Waals surface area (Å²) in [5.41, 5.74) is 1.83. The largest absolute Gasteiger partial charge is 0.465 e. The molecule has 1 atom stereocenters. The second kappa shape index (κ2) is 13.7. The molecule has 1 unspecified atom stereocenters. The number of β-amino-alcohol motifs (C(OH)–C–C–N with tert-alkyl or cyclic N) is 1. The van der Waals surface area contributed by atoms with Crippen molar-refractivity contribution in [2.24, 2.45) is 0 Å². The minimum Gasteiger partial charge on any atom is -0.465 e. The molecule has 0 saturated carbocycles. The van der Waals surface area contributed by atoms with Gasteiger partial charge in [-0.3, -0.25) is 4.98 Å². The number of ether oxygens (including phenoxy) is 1. The van der Waals surface area contributed by atoms with Crippen molar-refractivity contribution in [3.05, 3.63) is 90.0 Å². The molecule has 1 amide bonds. The van der Waals surface area contributed by atoms with Gasteiger partial charge in [-0.1, -0.05) is 29.8 Å². The van der Waals surface area contributed by atoms with Gasteiger partial charge in [-0.05, 0) is 61.9 Å². The summed E-state index contributed by atoms with van der Waals surface area (Å²) in [7, 11) is 0. The molecule has 170 valence electrons. The summed E-state index contributed by atoms with van der Waals surface area (Å²) in [6.45, 7) is 3.96. The first kappa shape index (κ1) is 24.8. The van der Waals surface area contributed by atoms with Crippen molar-refractivity contribution in [1.29, 1.82) is 0 Å². The second-order valence-electron chi connectivity index (χ2n) is 7.04. The Morgan fingerprint density at radius 2 is 1.97 bits per heavy atom. The summed E-state index contributed by atoms with van der Waals surface area (Å²) in [4.78, 5) is 14.0. The van der Waals surface area contributed by atoms with Crippen LogP contribution in [-0.4, -0.2) is 40.5 Å². The monoisotopic (exact) mass is 441 g/mol. The second-order valence-corrected chi connectivity index (χ2v) is 7.04. The van der Waals surface area contributed by atoms with Crippen molar-refractivity contribution in [3.8, 4) is 11.5 Å². The molecule has 0 aliphatic carbocycles. The molecule has 2 aromatic carbocycles. The molecule has 0 bridgehead atoms. The topological polar surface area (TPSA) is 104 Å². The fourth-order valence-corrected chi connectivity index (χ4v) is 2.61. The van der Waals surface area contributed by atoms with Gasteiger partial charge >= 0.3 is 6.09 Å². The molecule has 7 nitrogen and oxygen atoms in total. The zero-order valence-corrected chi connectivity index (χ0v) is 17.9. The van der Waals surface area contributed by atoms with Crippen molar-refractivity contribution in [2.45, 2.75) is 26.0 Å². The molecule has 4 rings (SSSR count). The highest BCUT2D eigenvalue weighted by Gasteiger charge is 2.08. The summed E-state index contributed by atoms with van der Waals surface area (Å²) in [5.74, 6) is 1.24. The van der Waals surface area contributed by atoms with E-state index in [2.05, 4.69) is 15.6 Å². The van der Waals surface area contributed by atoms with E-state index in [1.807, 2.05) is 43.3 Å². The molecule has 0 radical (unpaired) electrons. The van der Waals surface area contributed by atoms with E-state index in [9.17, 15) is 9.18 Å². The van der Waals surface area contributed by atoms with Crippen molar-refractivity contribution < 1.29 is 24.1 Å². The van der Waals surface area contributed by atoms with Crippen LogP contribution in [0.4, 0.5) is 9.18 Å². The van der Waals surface area contributed by atoms with E-state index >= 15 is 0 Å². The number of nitrogens with zero attached hydrogens (tertiary/aromatic N) is 1. The summed E-state index contributed by atoms with van der Waals surface area (Å²) >= 11 is 0. The Hall–Kier alpha value is -3.49. The van der Waals surface area contributed by atoms with Crippen LogP contribution in [0.3, 0.4) is 0 Å². The van der Waals surface area contributed by atoms with Gasteiger partial charge in [0.15, 0.2) is 0 Å². The number of hydrogen-bond donors (Lipinski definition) is 4. The lowest BCUT2D eigenvalue weighted by atomic mass is 10.2. The Morgan fingerprint density at radius 1 is 1.19 bits per heavy atom. The van der Waals surface area contributed by atoms with Gasteiger partial charge in [-0.15, -0.1) is 0 Å². The maximum Gasteiger partial charge on any atom is 0.404 e. The fourth-order valence-electron chi connectivity index (χ4n) is 2.61. The van der Waals surface area contributed by atoms with Crippen molar-refractivity contribution in [1.82, 2.24) is 15.6 Å². The van der Waals surface area contributed by atoms with Crippen LogP contribution in [0.5, 0.6) is 11.5 Å². The first-order valence-electron chi connectivity index (χ1n) is 10.2. The number of pyridine rings is 1. The Bertz CT molecular complexity index is 933. The summed E-state index contributed by atoms with van der Waals surface area (Å²) in [6.07, 6.45) is 3.17. The SMILES string of the molecule is Cc1ccc(Oc2cccnc2)cc1.O=C(O)NCc1cccc(F)c1.OC1CCNC1. The molecule has 1 saturated heterocycles. The maximum absolute atomic E-state index is 12.5. The highest BCUT2D eigenvalue weighted by Crippen LogP contribution is 2.19. The molecular weight excluding hydrogens is 413 g/mol. The number of rotatable bonds is 4. The van der Waals surface area contributed by atoms with Gasteiger partial charge in [0.1, 0.15) is 17.3 Å². The van der Waals surface area contributed by atoms with Crippen LogP contribution in [0.15, 0.2) is 73.1 Å². The van der Waals surface area contributed by atoms with Gasteiger partial charge in [0, 0.05) is 19.3 Å². The van der Waals surface area contributed by atoms with Gasteiger partial charge in [0.2, 0.25) is 0 Å². The molecule has 32 heavy (non-hydrogen) atoms. The minimum absolute atomic E-state index is 0.0648. The zero-order chi connectivity index (χ0) is 23.2. The van der Waals surface area contributed by atoms with Crippen molar-refractivity contribution >= 4 is 6.09 Å². The third kappa shape index (κ3) is 10.5. The molecule has 1 fully saturated rings. The smallest absolute Gasteiger partial charge is 0.404 e. The van der Waals surface area contributed by atoms with Crippen molar-refractivity contribution in [3.63, 3.8) is 0 Å². The first-order chi connectivity index (χ1) is 15.4. The highest BCUT2D eigenvalue weighted by molar-refractivity contribution is 5.64. The lowest BCUT2D eigenvalue weighted by Gasteiger charge is -2.04. The fraction of sp³-hybridized carbons (Fsp3) is 0.250. The average Bonchev–Trinajstić information content (AvgIpc) is 3.27. The first-order valence-corrected chi connectivity index (χ1v) is 10.2. The van der Waals surface area contributed by atoms with Gasteiger partial charge in [0.25, 0.3) is 0 Å². The number of carboxylic acid groups (broad SMARTS) is 1. The van der Waals surface area contributed by atoms with E-state index in [4.69, 9.17) is 14.9 Å². The molecule has 4 N–H and O–H groups in total. The Kier molecular flexibility index (Phi) is 10.6. The number of aromatic nitrogens is 1. The van der Waals surface area contributed by atoms with Gasteiger partial charge in [-0.2, -0.15) is 0 Å². The lowest BCUT2D eigenvalue weighted by Crippen LogP contribution is -2.19. The molecular formula is C24H28FN3O4. The standard InChI is InChI=1S/C12H11NO.C8H8FNO2.C4H9NO/c1-10-4-6-11(7-5-10)14-12-3-2-8-13-9-12;9-7-3-1-2-6(4-7)5-10-8(11)12;6-4-1-2-5-3-4/h2-9H,1H3;1-4,10H,5H2,(H,11,12);4-6H,1-3H2.